The van der Waals surface area contributed by atoms with Crippen molar-refractivity contribution >= 4 is 35.5 Å². The van der Waals surface area contributed by atoms with Gasteiger partial charge in [0.25, 0.3) is 5.91 Å². The number of carbonyl (C=O) groups excluding carboxylic acids is 2. The van der Waals surface area contributed by atoms with Gasteiger partial charge in [0.2, 0.25) is 0 Å². The molecule has 0 aliphatic carbocycles. The number of benzene rings is 1. The SMILES string of the molecule is Cn1cnnc1CC1(c2ccc3c(c2)C(=O)N(c2cc(/C=C4/CCCN(C(=O)OC(C)(C)C)C4)cc(Cl)n2)C3)COC1. The molecule has 2 amide bonds. The molecule has 2 fully saturated rings. The van der Waals surface area contributed by atoms with Crippen LogP contribution in [-0.2, 0) is 34.9 Å². The molecule has 10 nitrogen and oxygen atoms in total. The minimum atomic E-state index is -0.546. The number of piperidine rings is 1. The van der Waals surface area contributed by atoms with Crippen LogP contribution in [0.1, 0.15) is 66.5 Å². The Morgan fingerprint density at radius 1 is 1.19 bits per heavy atom. The van der Waals surface area contributed by atoms with Crippen molar-refractivity contribution in [1.82, 2.24) is 24.6 Å². The molecule has 3 aliphatic rings. The fourth-order valence-corrected chi connectivity index (χ4v) is 5.98. The lowest BCUT2D eigenvalue weighted by Gasteiger charge is -2.41. The molecule has 0 spiro atoms. The van der Waals surface area contributed by atoms with E-state index >= 15 is 0 Å². The molecule has 0 N–H and O–H groups in total. The molecular formula is C31H35ClN6O4. The predicted molar refractivity (Wildman–Crippen MR) is 158 cm³/mol. The number of ether oxygens (including phenoxy) is 2. The summed E-state index contributed by atoms with van der Waals surface area (Å²) in [6, 6.07) is 9.78. The third-order valence-electron chi connectivity index (χ3n) is 8.01. The number of anilines is 1. The quantitative estimate of drug-likeness (QED) is 0.387. The fraction of sp³-hybridized carbons (Fsp3) is 0.452. The first-order valence-electron chi connectivity index (χ1n) is 14.2. The predicted octanol–water partition coefficient (Wildman–Crippen LogP) is 4.95. The van der Waals surface area contributed by atoms with Gasteiger partial charge in [0.15, 0.2) is 0 Å². The summed E-state index contributed by atoms with van der Waals surface area (Å²) in [5.41, 5.74) is 3.81. The van der Waals surface area contributed by atoms with Crippen molar-refractivity contribution in [3.63, 3.8) is 0 Å². The first-order chi connectivity index (χ1) is 20.0. The lowest BCUT2D eigenvalue weighted by atomic mass is 9.75. The Bertz CT molecular complexity index is 1570. The number of aryl methyl sites for hydroxylation is 1. The van der Waals surface area contributed by atoms with Crippen LogP contribution in [0.4, 0.5) is 10.6 Å². The van der Waals surface area contributed by atoms with Gasteiger partial charge in [0.1, 0.15) is 28.7 Å². The van der Waals surface area contributed by atoms with Crippen LogP contribution in [0, 0.1) is 0 Å². The highest BCUT2D eigenvalue weighted by Gasteiger charge is 2.43. The number of likely N-dealkylation sites (tertiary alicyclic amines) is 1. The van der Waals surface area contributed by atoms with Crippen molar-refractivity contribution in [2.24, 2.45) is 7.05 Å². The van der Waals surface area contributed by atoms with E-state index in [9.17, 15) is 9.59 Å². The second-order valence-electron chi connectivity index (χ2n) is 12.5. The summed E-state index contributed by atoms with van der Waals surface area (Å²) in [6.07, 6.45) is 5.81. The minimum absolute atomic E-state index is 0.108. The molecule has 0 saturated carbocycles. The zero-order valence-corrected chi connectivity index (χ0v) is 25.1. The summed E-state index contributed by atoms with van der Waals surface area (Å²) in [4.78, 5) is 34.2. The second kappa shape index (κ2) is 10.8. The van der Waals surface area contributed by atoms with Crippen LogP contribution in [0.5, 0.6) is 0 Å². The van der Waals surface area contributed by atoms with Gasteiger partial charge < -0.3 is 18.9 Å². The zero-order chi connectivity index (χ0) is 29.6. The molecule has 0 unspecified atom stereocenters. The van der Waals surface area contributed by atoms with Crippen molar-refractivity contribution in [2.75, 3.05) is 31.2 Å². The van der Waals surface area contributed by atoms with Crippen LogP contribution < -0.4 is 4.90 Å². The molecule has 5 heterocycles. The van der Waals surface area contributed by atoms with Gasteiger partial charge in [-0.05, 0) is 68.5 Å². The molecule has 6 rings (SSSR count). The number of halogens is 1. The minimum Gasteiger partial charge on any atom is -0.444 e. The van der Waals surface area contributed by atoms with Gasteiger partial charge in [-0.15, -0.1) is 10.2 Å². The van der Waals surface area contributed by atoms with Crippen LogP contribution >= 0.6 is 11.6 Å². The summed E-state index contributed by atoms with van der Waals surface area (Å²) in [5.74, 6) is 1.27. The van der Waals surface area contributed by atoms with Crippen LogP contribution in [0.2, 0.25) is 5.15 Å². The van der Waals surface area contributed by atoms with Gasteiger partial charge in [0.05, 0.1) is 19.8 Å². The van der Waals surface area contributed by atoms with Crippen LogP contribution in [0.15, 0.2) is 42.2 Å². The van der Waals surface area contributed by atoms with Crippen molar-refractivity contribution < 1.29 is 19.1 Å². The molecule has 0 atom stereocenters. The van der Waals surface area contributed by atoms with Crippen molar-refractivity contribution in [2.45, 2.75) is 57.6 Å². The van der Waals surface area contributed by atoms with E-state index in [1.165, 1.54) is 0 Å². The maximum Gasteiger partial charge on any atom is 0.410 e. The molecule has 220 valence electrons. The van der Waals surface area contributed by atoms with Gasteiger partial charge in [-0.25, -0.2) is 9.78 Å². The summed E-state index contributed by atoms with van der Waals surface area (Å²) >= 11 is 6.46. The largest absolute Gasteiger partial charge is 0.444 e. The topological polar surface area (TPSA) is 103 Å². The number of fused-ring (bicyclic) bond motifs is 1. The fourth-order valence-electron chi connectivity index (χ4n) is 5.76. The molecule has 42 heavy (non-hydrogen) atoms. The van der Waals surface area contributed by atoms with Crippen LogP contribution in [-0.4, -0.2) is 68.6 Å². The normalized spacial score (nSPS) is 19.2. The highest BCUT2D eigenvalue weighted by atomic mass is 35.5. The van der Waals surface area contributed by atoms with Crippen molar-refractivity contribution in [3.8, 4) is 0 Å². The first kappa shape index (κ1) is 28.4. The Labute approximate surface area is 250 Å². The van der Waals surface area contributed by atoms with E-state index in [2.05, 4.69) is 21.2 Å². The summed E-state index contributed by atoms with van der Waals surface area (Å²) in [7, 11) is 1.93. The van der Waals surface area contributed by atoms with Gasteiger partial charge >= 0.3 is 6.09 Å². The number of carbonyl (C=O) groups is 2. The Morgan fingerprint density at radius 2 is 2.00 bits per heavy atom. The van der Waals surface area contributed by atoms with Gasteiger partial charge in [0, 0.05) is 37.5 Å². The van der Waals surface area contributed by atoms with E-state index in [0.717, 1.165) is 40.9 Å². The number of rotatable bonds is 5. The number of hydrogen-bond donors (Lipinski definition) is 0. The Morgan fingerprint density at radius 3 is 2.69 bits per heavy atom. The van der Waals surface area contributed by atoms with Crippen LogP contribution in [0.3, 0.4) is 0 Å². The number of pyridine rings is 1. The van der Waals surface area contributed by atoms with E-state index in [0.29, 0.717) is 55.8 Å². The third-order valence-corrected chi connectivity index (χ3v) is 8.20. The molecule has 2 aromatic heterocycles. The van der Waals surface area contributed by atoms with Crippen molar-refractivity contribution in [3.05, 3.63) is 75.5 Å². The molecular weight excluding hydrogens is 556 g/mol. The van der Waals surface area contributed by atoms with E-state index < -0.39 is 5.60 Å². The maximum atomic E-state index is 13.7. The summed E-state index contributed by atoms with van der Waals surface area (Å²) in [5, 5.41) is 8.58. The molecule has 3 aliphatic heterocycles. The maximum absolute atomic E-state index is 13.7. The van der Waals surface area contributed by atoms with E-state index in [-0.39, 0.29) is 17.4 Å². The smallest absolute Gasteiger partial charge is 0.410 e. The lowest BCUT2D eigenvalue weighted by Crippen LogP contribution is -2.49. The molecule has 11 heteroatoms. The monoisotopic (exact) mass is 590 g/mol. The first-order valence-corrected chi connectivity index (χ1v) is 14.6. The molecule has 1 aromatic carbocycles. The average molecular weight is 591 g/mol. The third kappa shape index (κ3) is 5.65. The Hall–Kier alpha value is -3.76. The Balaban J connectivity index is 1.22. The van der Waals surface area contributed by atoms with Crippen molar-refractivity contribution in [1.29, 1.82) is 0 Å². The zero-order valence-electron chi connectivity index (χ0n) is 24.4. The molecule has 2 saturated heterocycles. The van der Waals surface area contributed by atoms with E-state index in [1.54, 1.807) is 22.2 Å². The van der Waals surface area contributed by atoms with E-state index in [4.69, 9.17) is 21.1 Å². The summed E-state index contributed by atoms with van der Waals surface area (Å²) in [6.45, 7) is 8.28. The molecule has 3 aromatic rings. The lowest BCUT2D eigenvalue weighted by molar-refractivity contribution is -0.0611. The molecule has 0 radical (unpaired) electrons. The van der Waals surface area contributed by atoms with E-state index in [1.807, 2.05) is 56.7 Å². The van der Waals surface area contributed by atoms with Gasteiger partial charge in [-0.1, -0.05) is 35.4 Å². The van der Waals surface area contributed by atoms with Gasteiger partial charge in [-0.2, -0.15) is 0 Å². The standard InChI is InChI=1S/C31H35ClN6O4/c1-30(2,3)42-29(40)37-9-5-6-20(15-37)10-21-11-25(32)34-26(12-21)38-16-22-7-8-23(13-24(22)28(38)39)31(17-41-18-31)14-27-35-33-19-36(27)4/h7-8,10-13,19H,5-6,9,14-18H2,1-4H3/b20-10-. The summed E-state index contributed by atoms with van der Waals surface area (Å²) < 4.78 is 13.1. The Kier molecular flexibility index (Phi) is 7.31. The average Bonchev–Trinajstić information content (AvgIpc) is 3.46. The number of hydrogen-bond acceptors (Lipinski definition) is 7. The number of aromatic nitrogens is 4. The van der Waals surface area contributed by atoms with Gasteiger partial charge in [-0.3, -0.25) is 9.69 Å². The highest BCUT2D eigenvalue weighted by molar-refractivity contribution is 6.29. The van der Waals surface area contributed by atoms with Crippen LogP contribution in [0.25, 0.3) is 6.08 Å². The highest BCUT2D eigenvalue weighted by Crippen LogP contribution is 2.38. The number of nitrogens with zero attached hydrogens (tertiary/aromatic N) is 6. The number of amides is 2. The molecule has 0 bridgehead atoms. The second-order valence-corrected chi connectivity index (χ2v) is 12.8.